The molecular weight excluding hydrogens is 628 g/mol. The van der Waals surface area contributed by atoms with E-state index in [0.29, 0.717) is 25.7 Å². The number of likely N-dealkylation sites (tertiary alicyclic amines) is 1. The van der Waals surface area contributed by atoms with Crippen molar-refractivity contribution < 1.29 is 41.9 Å². The summed E-state index contributed by atoms with van der Waals surface area (Å²) in [5.41, 5.74) is 0.689. The van der Waals surface area contributed by atoms with Gasteiger partial charge in [-0.15, -0.1) is 6.58 Å². The Bertz CT molecular complexity index is 1510. The van der Waals surface area contributed by atoms with Crippen molar-refractivity contribution in [2.24, 2.45) is 11.8 Å². The van der Waals surface area contributed by atoms with Crippen molar-refractivity contribution >= 4 is 46.4 Å². The Hall–Kier alpha value is -4.20. The Morgan fingerprint density at radius 1 is 1.19 bits per heavy atom. The van der Waals surface area contributed by atoms with Gasteiger partial charge in [-0.2, -0.15) is 0 Å². The molecule has 4 rings (SSSR count). The lowest BCUT2D eigenvalue weighted by Gasteiger charge is -2.31. The fourth-order valence-corrected chi connectivity index (χ4v) is 7.07. The van der Waals surface area contributed by atoms with Crippen LogP contribution in [0.15, 0.2) is 43.0 Å². The van der Waals surface area contributed by atoms with E-state index in [2.05, 4.69) is 28.0 Å². The van der Waals surface area contributed by atoms with Gasteiger partial charge < -0.3 is 25.0 Å². The summed E-state index contributed by atoms with van der Waals surface area (Å²) in [6, 6.07) is 5.82. The minimum atomic E-state index is -3.88. The number of ether oxygens (including phenoxy) is 2. The average Bonchev–Trinajstić information content (AvgIpc) is 3.94. The molecule has 3 N–H and O–H groups in total. The van der Waals surface area contributed by atoms with E-state index < -0.39 is 74.7 Å². The summed E-state index contributed by atoms with van der Waals surface area (Å²) in [4.78, 5) is 65.6. The van der Waals surface area contributed by atoms with Gasteiger partial charge in [0, 0.05) is 12.3 Å². The smallest absolute Gasteiger partial charge is 0.407 e. The summed E-state index contributed by atoms with van der Waals surface area (Å²) < 4.78 is 37.4. The summed E-state index contributed by atoms with van der Waals surface area (Å²) in [5, 5.41) is 4.63. The first-order valence-electron chi connectivity index (χ1n) is 15.9. The second-order valence-electron chi connectivity index (χ2n) is 12.7. The van der Waals surface area contributed by atoms with Crippen LogP contribution in [0.2, 0.25) is 0 Å². The van der Waals surface area contributed by atoms with Crippen LogP contribution in [0.5, 0.6) is 0 Å². The van der Waals surface area contributed by atoms with Gasteiger partial charge >= 0.3 is 6.09 Å². The largest absolute Gasteiger partial charge is 0.463 e. The van der Waals surface area contributed by atoms with E-state index in [1.165, 1.54) is 11.0 Å². The molecule has 0 bridgehead atoms. The van der Waals surface area contributed by atoms with Crippen LogP contribution in [0.1, 0.15) is 63.5 Å². The Morgan fingerprint density at radius 3 is 2.55 bits per heavy atom. The van der Waals surface area contributed by atoms with Gasteiger partial charge in [-0.25, -0.2) is 13.2 Å². The number of benzene rings is 1. The summed E-state index contributed by atoms with van der Waals surface area (Å²) in [7, 11) is -3.88. The molecule has 1 aromatic carbocycles. The van der Waals surface area contributed by atoms with Gasteiger partial charge in [-0.05, 0) is 50.5 Å². The molecule has 1 aliphatic heterocycles. The van der Waals surface area contributed by atoms with Crippen molar-refractivity contribution in [2.45, 2.75) is 88.3 Å². The van der Waals surface area contributed by atoms with Gasteiger partial charge in [0.1, 0.15) is 23.7 Å². The molecule has 14 heteroatoms. The topological polar surface area (TPSA) is 177 Å². The summed E-state index contributed by atoms with van der Waals surface area (Å²) in [6.07, 6.45) is 6.07. The van der Waals surface area contributed by atoms with E-state index in [1.54, 1.807) is 13.8 Å². The first-order chi connectivity index (χ1) is 22.3. The Kier molecular flexibility index (Phi) is 11.5. The zero-order valence-corrected chi connectivity index (χ0v) is 27.8. The third-order valence-electron chi connectivity index (χ3n) is 8.65. The molecule has 3 aliphatic rings. The number of aryl methyl sites for hydroxylation is 1. The molecule has 1 saturated heterocycles. The number of nitrogens with one attached hydrogen (secondary N) is 3. The molecule has 4 amide bonds. The lowest BCUT2D eigenvalue weighted by atomic mass is 10.0. The van der Waals surface area contributed by atoms with E-state index >= 15 is 0 Å². The predicted octanol–water partition coefficient (Wildman–Crippen LogP) is 2.35. The number of carbonyl (C=O) groups is 5. The summed E-state index contributed by atoms with van der Waals surface area (Å²) >= 11 is 0. The van der Waals surface area contributed by atoms with Gasteiger partial charge in [0.15, 0.2) is 0 Å². The molecule has 3 fully saturated rings. The molecule has 47 heavy (non-hydrogen) atoms. The molecule has 5 atom stereocenters. The fourth-order valence-electron chi connectivity index (χ4n) is 5.71. The Labute approximate surface area is 275 Å². The van der Waals surface area contributed by atoms with Crippen LogP contribution in [0.4, 0.5) is 4.79 Å². The number of unbranched alkanes of at least 4 members (excludes halogenated alkanes) is 1. The minimum absolute atomic E-state index is 0.0571. The van der Waals surface area contributed by atoms with E-state index in [1.807, 2.05) is 37.3 Å². The molecular formula is C33H44N4O9S. The highest BCUT2D eigenvalue weighted by molar-refractivity contribution is 7.91. The summed E-state index contributed by atoms with van der Waals surface area (Å²) in [5.74, 6) is -3.11. The van der Waals surface area contributed by atoms with E-state index in [0.717, 1.165) is 11.1 Å². The molecule has 0 unspecified atom stereocenters. The molecule has 0 radical (unpaired) electrons. The van der Waals surface area contributed by atoms with Gasteiger partial charge in [0.2, 0.25) is 21.8 Å². The molecule has 13 nitrogen and oxygen atoms in total. The van der Waals surface area contributed by atoms with Crippen LogP contribution in [0.25, 0.3) is 6.08 Å². The highest BCUT2D eigenvalue weighted by atomic mass is 32.2. The maximum atomic E-state index is 13.8. The van der Waals surface area contributed by atoms with Crippen molar-refractivity contribution in [3.8, 4) is 0 Å². The maximum Gasteiger partial charge on any atom is 0.407 e. The molecule has 0 spiro atoms. The number of nitrogens with zero attached hydrogens (tertiary/aromatic N) is 1. The number of sulfonamides is 1. The monoisotopic (exact) mass is 672 g/mol. The third kappa shape index (κ3) is 8.99. The fraction of sp³-hybridized carbons (Fsp3) is 0.545. The van der Waals surface area contributed by atoms with Crippen molar-refractivity contribution in [2.75, 3.05) is 13.2 Å². The van der Waals surface area contributed by atoms with Crippen molar-refractivity contribution in [1.29, 1.82) is 0 Å². The normalized spacial score (nSPS) is 24.3. The molecule has 1 aromatic rings. The summed E-state index contributed by atoms with van der Waals surface area (Å²) in [6.45, 7) is 9.39. The van der Waals surface area contributed by atoms with Crippen molar-refractivity contribution in [3.05, 3.63) is 54.1 Å². The average molecular weight is 673 g/mol. The molecule has 2 saturated carbocycles. The number of hydrogen-bond donors (Lipinski definition) is 3. The predicted molar refractivity (Wildman–Crippen MR) is 173 cm³/mol. The highest BCUT2D eigenvalue weighted by Crippen LogP contribution is 2.45. The number of hydrogen-bond acceptors (Lipinski definition) is 9. The quantitative estimate of drug-likeness (QED) is 0.135. The van der Waals surface area contributed by atoms with Gasteiger partial charge in [0.05, 0.1) is 18.4 Å². The third-order valence-corrected chi connectivity index (χ3v) is 10.5. The van der Waals surface area contributed by atoms with E-state index in [4.69, 9.17) is 9.47 Å². The molecule has 256 valence electrons. The van der Waals surface area contributed by atoms with Crippen LogP contribution in [0, 0.1) is 18.8 Å². The van der Waals surface area contributed by atoms with Gasteiger partial charge in [-0.1, -0.05) is 61.9 Å². The second kappa shape index (κ2) is 15.1. The number of allylic oxidation sites excluding steroid dienone is 1. The SMILES string of the molecule is C=C[C@@H]1C[C@]1(NC(=O)[C@@H]1C[C@@H](OC=O)CN1C(=O)[C@@H](NC(=O)OCCC/C=C/c1cccc(C)c1)C(C)C)C(=O)NS(=O)(=O)C1CC1. The number of carbonyl (C=O) groups excluding carboxylic acids is 5. The number of rotatable bonds is 16. The van der Waals surface area contributed by atoms with Crippen molar-refractivity contribution in [1.82, 2.24) is 20.3 Å². The molecule has 1 heterocycles. The minimum Gasteiger partial charge on any atom is -0.463 e. The van der Waals surface area contributed by atoms with Crippen LogP contribution in [-0.4, -0.2) is 85.7 Å². The second-order valence-corrected chi connectivity index (χ2v) is 14.7. The lowest BCUT2D eigenvalue weighted by molar-refractivity contribution is -0.142. The zero-order valence-electron chi connectivity index (χ0n) is 27.0. The number of amides is 4. The Balaban J connectivity index is 1.37. The number of alkyl carbamates (subject to hydrolysis) is 1. The highest BCUT2D eigenvalue weighted by Gasteiger charge is 2.62. The van der Waals surface area contributed by atoms with Crippen molar-refractivity contribution in [3.63, 3.8) is 0 Å². The van der Waals surface area contributed by atoms with Crippen LogP contribution in [-0.2, 0) is 38.7 Å². The molecule has 2 aliphatic carbocycles. The standard InChI is InChI=1S/C33H44N4O9S/c1-5-24-18-33(24,31(41)36-47(43,44)26-13-14-26)35-29(39)27-17-25(46-20-38)19-37(27)30(40)28(21(2)3)34-32(42)45-15-8-6-7-11-23-12-9-10-22(4)16-23/h5,7,9-12,16,20-21,24-28H,1,6,8,13-15,17-19H2,2-4H3,(H,34,42)(H,35,39)(H,36,41)/b11-7+/t24-,25-,27+,28+,33-/m1/s1. The van der Waals surface area contributed by atoms with Crippen LogP contribution >= 0.6 is 0 Å². The van der Waals surface area contributed by atoms with Gasteiger partial charge in [-0.3, -0.25) is 23.9 Å². The maximum absolute atomic E-state index is 13.8. The molecule has 0 aromatic heterocycles. The first kappa shape index (κ1) is 35.7. The Morgan fingerprint density at radius 2 is 1.94 bits per heavy atom. The van der Waals surface area contributed by atoms with E-state index in [-0.39, 0.29) is 32.5 Å². The van der Waals surface area contributed by atoms with E-state index in [9.17, 15) is 32.4 Å². The zero-order chi connectivity index (χ0) is 34.4. The lowest BCUT2D eigenvalue weighted by Crippen LogP contribution is -2.59. The van der Waals surface area contributed by atoms with Gasteiger partial charge in [0.25, 0.3) is 12.4 Å². The van der Waals surface area contributed by atoms with Crippen LogP contribution < -0.4 is 15.4 Å². The van der Waals surface area contributed by atoms with Crippen LogP contribution in [0.3, 0.4) is 0 Å². The first-order valence-corrected chi connectivity index (χ1v) is 17.4.